The second-order valence-electron chi connectivity index (χ2n) is 5.42. The Morgan fingerprint density at radius 1 is 1.20 bits per heavy atom. The molecule has 3 nitrogen and oxygen atoms in total. The minimum atomic E-state index is 0.0757. The van der Waals surface area contributed by atoms with Gasteiger partial charge in [0.15, 0.2) is 0 Å². The molecule has 0 aromatic rings. The molecule has 0 radical (unpaired) electrons. The summed E-state index contributed by atoms with van der Waals surface area (Å²) in [4.78, 5) is 15.4. The first-order chi connectivity index (χ1) is 6.72. The van der Waals surface area contributed by atoms with E-state index in [4.69, 9.17) is 0 Å². The van der Waals surface area contributed by atoms with Gasteiger partial charge in [0.25, 0.3) is 0 Å². The van der Waals surface area contributed by atoms with Crippen LogP contribution in [0.1, 0.15) is 20.8 Å². The van der Waals surface area contributed by atoms with Gasteiger partial charge < -0.3 is 9.80 Å². The van der Waals surface area contributed by atoms with Crippen LogP contribution in [0.25, 0.3) is 0 Å². The van der Waals surface area contributed by atoms with Gasteiger partial charge in [-0.3, -0.25) is 4.79 Å². The zero-order valence-corrected chi connectivity index (χ0v) is 10.9. The number of rotatable bonds is 4. The van der Waals surface area contributed by atoms with Gasteiger partial charge in [0.05, 0.1) is 0 Å². The van der Waals surface area contributed by atoms with E-state index in [1.165, 1.54) is 0 Å². The molecule has 1 amide bonds. The normalized spacial score (nSPS) is 12.5. The highest BCUT2D eigenvalue weighted by Crippen LogP contribution is 2.14. The maximum Gasteiger partial charge on any atom is 0.246 e. The van der Waals surface area contributed by atoms with Crippen LogP contribution in [0.2, 0.25) is 0 Å². The summed E-state index contributed by atoms with van der Waals surface area (Å²) >= 11 is 0. The van der Waals surface area contributed by atoms with Crippen LogP contribution >= 0.6 is 0 Å². The number of amides is 1. The van der Waals surface area contributed by atoms with E-state index in [0.29, 0.717) is 0 Å². The smallest absolute Gasteiger partial charge is 0.246 e. The molecule has 0 unspecified atom stereocenters. The molecule has 0 saturated carbocycles. The average molecular weight is 212 g/mol. The van der Waals surface area contributed by atoms with Gasteiger partial charge in [-0.2, -0.15) is 0 Å². The highest BCUT2D eigenvalue weighted by Gasteiger charge is 2.15. The predicted molar refractivity (Wildman–Crippen MR) is 64.8 cm³/mol. The zero-order chi connectivity index (χ0) is 12.1. The van der Waals surface area contributed by atoms with Gasteiger partial charge in [-0.1, -0.05) is 26.8 Å². The van der Waals surface area contributed by atoms with Crippen molar-refractivity contribution in [2.24, 2.45) is 5.41 Å². The van der Waals surface area contributed by atoms with Gasteiger partial charge in [0, 0.05) is 26.2 Å². The summed E-state index contributed by atoms with van der Waals surface area (Å²) in [6, 6.07) is 0. The molecule has 0 N–H and O–H groups in total. The van der Waals surface area contributed by atoms with Crippen molar-refractivity contribution in [3.05, 3.63) is 12.2 Å². The summed E-state index contributed by atoms with van der Waals surface area (Å²) < 4.78 is 0. The molecule has 0 heterocycles. The van der Waals surface area contributed by atoms with E-state index in [1.54, 1.807) is 11.0 Å². The maximum atomic E-state index is 11.6. The molecule has 0 spiro atoms. The Hall–Kier alpha value is -0.830. The Bertz CT molecular complexity index is 226. The van der Waals surface area contributed by atoms with Gasteiger partial charge in [-0.25, -0.2) is 0 Å². The maximum absolute atomic E-state index is 11.6. The van der Waals surface area contributed by atoms with E-state index in [0.717, 1.165) is 13.1 Å². The Labute approximate surface area is 93.7 Å². The zero-order valence-electron chi connectivity index (χ0n) is 10.9. The largest absolute Gasteiger partial charge is 0.342 e. The molecule has 0 aliphatic carbocycles. The van der Waals surface area contributed by atoms with Crippen molar-refractivity contribution in [3.63, 3.8) is 0 Å². The lowest BCUT2D eigenvalue weighted by molar-refractivity contribution is -0.125. The number of nitrogens with zero attached hydrogens (tertiary/aromatic N) is 2. The lowest BCUT2D eigenvalue weighted by Gasteiger charge is -2.25. The van der Waals surface area contributed by atoms with Crippen LogP contribution in [-0.2, 0) is 4.79 Å². The summed E-state index contributed by atoms with van der Waals surface area (Å²) in [5.74, 6) is 0.0757. The predicted octanol–water partition coefficient (Wildman–Crippen LogP) is 1.61. The fourth-order valence-electron chi connectivity index (χ4n) is 1.28. The second-order valence-corrected chi connectivity index (χ2v) is 5.42. The first-order valence-corrected chi connectivity index (χ1v) is 5.29. The van der Waals surface area contributed by atoms with Crippen molar-refractivity contribution >= 4 is 5.91 Å². The Morgan fingerprint density at radius 3 is 2.13 bits per heavy atom. The topological polar surface area (TPSA) is 23.6 Å². The molecule has 0 rings (SSSR count). The molecule has 0 atom stereocenters. The van der Waals surface area contributed by atoms with Crippen LogP contribution in [0.15, 0.2) is 12.2 Å². The number of carbonyl (C=O) groups is 1. The van der Waals surface area contributed by atoms with E-state index in [1.807, 2.05) is 32.1 Å². The third-order valence-electron chi connectivity index (χ3n) is 1.82. The number of hydrogen-bond acceptors (Lipinski definition) is 2. The van der Waals surface area contributed by atoms with Crippen LogP contribution in [0, 0.1) is 5.41 Å². The lowest BCUT2D eigenvalue weighted by atomic mass is 9.96. The molecule has 88 valence electrons. The summed E-state index contributed by atoms with van der Waals surface area (Å²) in [6.07, 6.45) is 3.53. The van der Waals surface area contributed by atoms with Crippen LogP contribution in [0.4, 0.5) is 0 Å². The Morgan fingerprint density at radius 2 is 1.73 bits per heavy atom. The van der Waals surface area contributed by atoms with Crippen LogP contribution in [0.3, 0.4) is 0 Å². The minimum absolute atomic E-state index is 0.0757. The van der Waals surface area contributed by atoms with Crippen molar-refractivity contribution in [3.8, 4) is 0 Å². The molecule has 3 heteroatoms. The lowest BCUT2D eigenvalue weighted by Crippen LogP contribution is -2.33. The molecule has 0 aliphatic heterocycles. The van der Waals surface area contributed by atoms with Gasteiger partial charge in [-0.05, 0) is 19.5 Å². The van der Waals surface area contributed by atoms with E-state index in [9.17, 15) is 4.79 Å². The van der Waals surface area contributed by atoms with Gasteiger partial charge >= 0.3 is 0 Å². The molecular weight excluding hydrogens is 188 g/mol. The van der Waals surface area contributed by atoms with Gasteiger partial charge in [-0.15, -0.1) is 0 Å². The van der Waals surface area contributed by atoms with Gasteiger partial charge in [0.1, 0.15) is 0 Å². The van der Waals surface area contributed by atoms with Crippen molar-refractivity contribution in [1.29, 1.82) is 0 Å². The summed E-state index contributed by atoms with van der Waals surface area (Å²) in [5.41, 5.74) is 0.153. The molecule has 0 saturated heterocycles. The van der Waals surface area contributed by atoms with E-state index in [-0.39, 0.29) is 11.3 Å². The number of likely N-dealkylation sites (N-methyl/N-ethyl adjacent to an activating group) is 2. The van der Waals surface area contributed by atoms with Crippen molar-refractivity contribution < 1.29 is 4.79 Å². The summed E-state index contributed by atoms with van der Waals surface area (Å²) in [7, 11) is 5.80. The van der Waals surface area contributed by atoms with Crippen molar-refractivity contribution in [2.45, 2.75) is 20.8 Å². The van der Waals surface area contributed by atoms with E-state index in [2.05, 4.69) is 20.8 Å². The highest BCUT2D eigenvalue weighted by atomic mass is 16.2. The fourth-order valence-corrected chi connectivity index (χ4v) is 1.28. The van der Waals surface area contributed by atoms with Crippen molar-refractivity contribution in [1.82, 2.24) is 9.80 Å². The van der Waals surface area contributed by atoms with Gasteiger partial charge in [0.2, 0.25) is 5.91 Å². The van der Waals surface area contributed by atoms with E-state index >= 15 is 0 Å². The first kappa shape index (κ1) is 14.2. The quantitative estimate of drug-likeness (QED) is 0.661. The Balaban J connectivity index is 4.05. The third-order valence-corrected chi connectivity index (χ3v) is 1.82. The number of hydrogen-bond donors (Lipinski definition) is 0. The first-order valence-electron chi connectivity index (χ1n) is 5.29. The van der Waals surface area contributed by atoms with Crippen molar-refractivity contribution in [2.75, 3.05) is 34.2 Å². The third kappa shape index (κ3) is 8.18. The molecule has 15 heavy (non-hydrogen) atoms. The fraction of sp³-hybridized carbons (Fsp3) is 0.750. The summed E-state index contributed by atoms with van der Waals surface area (Å²) in [5, 5.41) is 0. The van der Waals surface area contributed by atoms with Crippen LogP contribution in [-0.4, -0.2) is 49.9 Å². The van der Waals surface area contributed by atoms with E-state index < -0.39 is 0 Å². The van der Waals surface area contributed by atoms with Crippen LogP contribution in [0.5, 0.6) is 0 Å². The molecule has 0 aromatic carbocycles. The Kier molecular flexibility index (Phi) is 5.58. The minimum Gasteiger partial charge on any atom is -0.342 e. The molecule has 0 aromatic heterocycles. The molecule has 0 fully saturated rings. The highest BCUT2D eigenvalue weighted by molar-refractivity contribution is 5.87. The molecule has 0 aliphatic rings. The molecular formula is C12H24N2O. The van der Waals surface area contributed by atoms with Crippen LogP contribution < -0.4 is 0 Å². The average Bonchev–Trinajstić information content (AvgIpc) is 1.99. The SMILES string of the molecule is CN(C)C/C=C/C(=O)N(C)CC(C)(C)C. The monoisotopic (exact) mass is 212 g/mol. The second kappa shape index (κ2) is 5.91. The standard InChI is InChI=1S/C12H24N2O/c1-12(2,3)10-14(6)11(15)8-7-9-13(4)5/h7-8H,9-10H2,1-6H3/b8-7+. The number of carbonyl (C=O) groups excluding carboxylic acids is 1. The summed E-state index contributed by atoms with van der Waals surface area (Å²) in [6.45, 7) is 7.95. The molecule has 0 bridgehead atoms.